The summed E-state index contributed by atoms with van der Waals surface area (Å²) in [6.07, 6.45) is 7.41. The SMILES string of the molecule is C#CCOc1cc(F)ccc1NC(=O)NCC1(O)CCC1. The van der Waals surface area contributed by atoms with Gasteiger partial charge in [0.05, 0.1) is 11.3 Å². The summed E-state index contributed by atoms with van der Waals surface area (Å²) in [5.74, 6) is 1.94. The van der Waals surface area contributed by atoms with E-state index in [-0.39, 0.29) is 18.9 Å². The molecule has 0 spiro atoms. The Balaban J connectivity index is 1.94. The van der Waals surface area contributed by atoms with Crippen molar-refractivity contribution in [1.82, 2.24) is 5.32 Å². The van der Waals surface area contributed by atoms with E-state index in [0.29, 0.717) is 18.5 Å². The molecule has 1 aliphatic carbocycles. The van der Waals surface area contributed by atoms with Crippen molar-refractivity contribution in [3.63, 3.8) is 0 Å². The van der Waals surface area contributed by atoms with Crippen LogP contribution < -0.4 is 15.4 Å². The quantitative estimate of drug-likeness (QED) is 0.726. The van der Waals surface area contributed by atoms with Crippen molar-refractivity contribution >= 4 is 11.7 Å². The van der Waals surface area contributed by atoms with Gasteiger partial charge in [0.1, 0.15) is 18.2 Å². The van der Waals surface area contributed by atoms with Crippen molar-refractivity contribution in [2.75, 3.05) is 18.5 Å². The summed E-state index contributed by atoms with van der Waals surface area (Å²) in [6.45, 7) is 0.153. The highest BCUT2D eigenvalue weighted by atomic mass is 19.1. The van der Waals surface area contributed by atoms with E-state index in [4.69, 9.17) is 11.2 Å². The largest absolute Gasteiger partial charge is 0.479 e. The number of benzene rings is 1. The Morgan fingerprint density at radius 1 is 1.52 bits per heavy atom. The molecule has 2 rings (SSSR count). The lowest BCUT2D eigenvalue weighted by Crippen LogP contribution is -2.48. The molecule has 1 saturated carbocycles. The summed E-state index contributed by atoms with van der Waals surface area (Å²) in [6, 6.07) is 3.25. The zero-order valence-electron chi connectivity index (χ0n) is 11.5. The molecule has 0 unspecified atom stereocenters. The van der Waals surface area contributed by atoms with Crippen molar-refractivity contribution in [1.29, 1.82) is 0 Å². The molecule has 21 heavy (non-hydrogen) atoms. The van der Waals surface area contributed by atoms with Crippen LogP contribution in [0, 0.1) is 18.2 Å². The average molecular weight is 292 g/mol. The number of hydrogen-bond acceptors (Lipinski definition) is 3. The maximum Gasteiger partial charge on any atom is 0.319 e. The molecule has 1 fully saturated rings. The van der Waals surface area contributed by atoms with Gasteiger partial charge in [-0.2, -0.15) is 0 Å². The first-order valence-corrected chi connectivity index (χ1v) is 6.65. The molecule has 0 radical (unpaired) electrons. The van der Waals surface area contributed by atoms with Gasteiger partial charge in [0.15, 0.2) is 0 Å². The number of carbonyl (C=O) groups is 1. The number of amides is 2. The van der Waals surface area contributed by atoms with Crippen molar-refractivity contribution in [2.45, 2.75) is 24.9 Å². The van der Waals surface area contributed by atoms with Crippen molar-refractivity contribution in [3.05, 3.63) is 24.0 Å². The Labute approximate surface area is 122 Å². The number of aliphatic hydroxyl groups is 1. The van der Waals surface area contributed by atoms with Crippen LogP contribution in [-0.4, -0.2) is 29.9 Å². The molecular formula is C15H17FN2O3. The van der Waals surface area contributed by atoms with Gasteiger partial charge < -0.3 is 20.5 Å². The summed E-state index contributed by atoms with van der Waals surface area (Å²) in [4.78, 5) is 11.8. The van der Waals surface area contributed by atoms with Crippen molar-refractivity contribution in [3.8, 4) is 18.1 Å². The summed E-state index contributed by atoms with van der Waals surface area (Å²) < 4.78 is 18.4. The van der Waals surface area contributed by atoms with Gasteiger partial charge in [0, 0.05) is 12.6 Å². The van der Waals surface area contributed by atoms with Gasteiger partial charge in [0.25, 0.3) is 0 Å². The minimum Gasteiger partial charge on any atom is -0.479 e. The lowest BCUT2D eigenvalue weighted by atomic mass is 9.80. The maximum atomic E-state index is 13.2. The Bertz CT molecular complexity index is 565. The fraction of sp³-hybridized carbons (Fsp3) is 0.400. The molecule has 0 saturated heterocycles. The van der Waals surface area contributed by atoms with Gasteiger partial charge in [-0.05, 0) is 31.4 Å². The van der Waals surface area contributed by atoms with Crippen LogP contribution in [0.3, 0.4) is 0 Å². The number of rotatable bonds is 5. The van der Waals surface area contributed by atoms with E-state index in [0.717, 1.165) is 12.5 Å². The molecule has 0 heterocycles. The topological polar surface area (TPSA) is 70.6 Å². The first-order valence-electron chi connectivity index (χ1n) is 6.65. The molecule has 0 atom stereocenters. The van der Waals surface area contributed by atoms with Gasteiger partial charge >= 0.3 is 6.03 Å². The van der Waals surface area contributed by atoms with Gasteiger partial charge in [-0.3, -0.25) is 0 Å². The second kappa shape index (κ2) is 6.46. The molecule has 1 aliphatic rings. The molecule has 112 valence electrons. The van der Waals surface area contributed by atoms with E-state index in [1.54, 1.807) is 0 Å². The van der Waals surface area contributed by atoms with Crippen LogP contribution in [0.15, 0.2) is 18.2 Å². The fourth-order valence-corrected chi connectivity index (χ4v) is 2.01. The highest BCUT2D eigenvalue weighted by Gasteiger charge is 2.34. The molecule has 2 amide bonds. The van der Waals surface area contributed by atoms with Gasteiger partial charge in [0.2, 0.25) is 0 Å². The number of anilines is 1. The Hall–Kier alpha value is -2.26. The van der Waals surface area contributed by atoms with Crippen molar-refractivity contribution in [2.24, 2.45) is 0 Å². The van der Waals surface area contributed by atoms with Crippen LogP contribution in [-0.2, 0) is 0 Å². The summed E-state index contributed by atoms with van der Waals surface area (Å²) in [5.41, 5.74) is -0.493. The molecular weight excluding hydrogens is 275 g/mol. The first-order chi connectivity index (χ1) is 10.0. The summed E-state index contributed by atoms with van der Waals surface area (Å²) >= 11 is 0. The van der Waals surface area contributed by atoms with E-state index in [1.165, 1.54) is 12.1 Å². The molecule has 0 aromatic heterocycles. The number of carbonyl (C=O) groups excluding carboxylic acids is 1. The number of ether oxygens (including phenoxy) is 1. The third-order valence-electron chi connectivity index (χ3n) is 3.37. The van der Waals surface area contributed by atoms with Crippen LogP contribution in [0.25, 0.3) is 0 Å². The van der Waals surface area contributed by atoms with E-state index in [9.17, 15) is 14.3 Å². The second-order valence-electron chi connectivity index (χ2n) is 5.02. The Morgan fingerprint density at radius 2 is 2.29 bits per heavy atom. The second-order valence-corrected chi connectivity index (χ2v) is 5.02. The van der Waals surface area contributed by atoms with Crippen LogP contribution >= 0.6 is 0 Å². The van der Waals surface area contributed by atoms with Crippen LogP contribution in [0.1, 0.15) is 19.3 Å². The smallest absolute Gasteiger partial charge is 0.319 e. The van der Waals surface area contributed by atoms with Crippen molar-refractivity contribution < 1.29 is 19.0 Å². The molecule has 5 nitrogen and oxygen atoms in total. The first kappa shape index (κ1) is 15.1. The van der Waals surface area contributed by atoms with E-state index < -0.39 is 17.4 Å². The van der Waals surface area contributed by atoms with Gasteiger partial charge in [-0.1, -0.05) is 5.92 Å². The minimum absolute atomic E-state index is 0.0283. The molecule has 1 aromatic rings. The number of halogens is 1. The van der Waals surface area contributed by atoms with E-state index in [1.807, 2.05) is 0 Å². The zero-order valence-corrected chi connectivity index (χ0v) is 11.5. The number of urea groups is 1. The molecule has 3 N–H and O–H groups in total. The normalized spacial score (nSPS) is 15.5. The summed E-state index contributed by atoms with van der Waals surface area (Å²) in [5, 5.41) is 15.0. The highest BCUT2D eigenvalue weighted by Crippen LogP contribution is 2.30. The molecule has 0 aliphatic heterocycles. The predicted octanol–water partition coefficient (Wildman–Crippen LogP) is 1.87. The standard InChI is InChI=1S/C15H17FN2O3/c1-2-8-21-13-9-11(16)4-5-12(13)18-14(19)17-10-15(20)6-3-7-15/h1,4-5,9,20H,3,6-8,10H2,(H2,17,18,19). The number of nitrogens with one attached hydrogen (secondary N) is 2. The van der Waals surface area contributed by atoms with E-state index >= 15 is 0 Å². The minimum atomic E-state index is -0.803. The van der Waals surface area contributed by atoms with Gasteiger partial charge in [-0.15, -0.1) is 6.42 Å². The Kier molecular flexibility index (Phi) is 4.66. The van der Waals surface area contributed by atoms with Crippen LogP contribution in [0.5, 0.6) is 5.75 Å². The predicted molar refractivity (Wildman–Crippen MR) is 76.6 cm³/mol. The average Bonchev–Trinajstić information content (AvgIpc) is 2.43. The lowest BCUT2D eigenvalue weighted by Gasteiger charge is -2.36. The third-order valence-corrected chi connectivity index (χ3v) is 3.37. The van der Waals surface area contributed by atoms with E-state index in [2.05, 4.69) is 16.6 Å². The fourth-order valence-electron chi connectivity index (χ4n) is 2.01. The monoisotopic (exact) mass is 292 g/mol. The molecule has 6 heteroatoms. The highest BCUT2D eigenvalue weighted by molar-refractivity contribution is 5.90. The number of hydrogen-bond donors (Lipinski definition) is 3. The van der Waals surface area contributed by atoms with Crippen LogP contribution in [0.4, 0.5) is 14.9 Å². The lowest BCUT2D eigenvalue weighted by molar-refractivity contribution is -0.0287. The molecule has 0 bridgehead atoms. The maximum absolute atomic E-state index is 13.2. The third kappa shape index (κ3) is 4.10. The summed E-state index contributed by atoms with van der Waals surface area (Å²) in [7, 11) is 0. The molecule has 1 aromatic carbocycles. The van der Waals surface area contributed by atoms with Gasteiger partial charge in [-0.25, -0.2) is 9.18 Å². The Morgan fingerprint density at radius 3 is 2.90 bits per heavy atom. The zero-order chi connectivity index (χ0) is 15.3. The number of terminal acetylenes is 1. The van der Waals surface area contributed by atoms with Crippen LogP contribution in [0.2, 0.25) is 0 Å².